The summed E-state index contributed by atoms with van der Waals surface area (Å²) in [5.41, 5.74) is 3.93. The first kappa shape index (κ1) is 19.1. The molecule has 0 bridgehead atoms. The Hall–Kier alpha value is -3.26. The van der Waals surface area contributed by atoms with E-state index in [1.165, 1.54) is 4.90 Å². The lowest BCUT2D eigenvalue weighted by Gasteiger charge is -2.11. The maximum absolute atomic E-state index is 12.1. The van der Waals surface area contributed by atoms with Crippen LogP contribution < -0.4 is 4.74 Å². The van der Waals surface area contributed by atoms with Crippen LogP contribution in [0.2, 0.25) is 0 Å². The zero-order chi connectivity index (χ0) is 19.3. The normalized spacial score (nSPS) is 11.0. The molecule has 5 nitrogen and oxygen atoms in total. The van der Waals surface area contributed by atoms with Crippen LogP contribution in [-0.2, 0) is 4.79 Å². The van der Waals surface area contributed by atoms with Gasteiger partial charge in [0.25, 0.3) is 5.91 Å². The summed E-state index contributed by atoms with van der Waals surface area (Å²) in [5.74, 6) is 0.473. The predicted octanol–water partition coefficient (Wildman–Crippen LogP) is 3.65. The van der Waals surface area contributed by atoms with Gasteiger partial charge >= 0.3 is 0 Å². The van der Waals surface area contributed by atoms with E-state index in [1.54, 1.807) is 26.2 Å². The van der Waals surface area contributed by atoms with Crippen molar-refractivity contribution in [3.05, 3.63) is 65.5 Å². The van der Waals surface area contributed by atoms with E-state index in [0.29, 0.717) is 6.61 Å². The molecule has 0 aliphatic heterocycles. The molecule has 0 radical (unpaired) electrons. The van der Waals surface area contributed by atoms with Crippen LogP contribution in [0.4, 0.5) is 0 Å². The number of hydrogen-bond donors (Lipinski definition) is 0. The van der Waals surface area contributed by atoms with Crippen molar-refractivity contribution in [3.8, 4) is 17.5 Å². The molecule has 1 aromatic carbocycles. The van der Waals surface area contributed by atoms with Gasteiger partial charge in [-0.05, 0) is 55.8 Å². The number of hydrogen-bond acceptors (Lipinski definition) is 3. The first-order valence-corrected chi connectivity index (χ1v) is 8.25. The van der Waals surface area contributed by atoms with Crippen LogP contribution in [0.1, 0.15) is 17.0 Å². The lowest BCUT2D eigenvalue weighted by molar-refractivity contribution is -0.124. The van der Waals surface area contributed by atoms with Crippen molar-refractivity contribution in [2.24, 2.45) is 0 Å². The Labute approximate surface area is 154 Å². The molecule has 0 saturated heterocycles. The average molecular weight is 349 g/mol. The van der Waals surface area contributed by atoms with Crippen molar-refractivity contribution < 1.29 is 9.53 Å². The number of carbonyl (C=O) groups excluding carboxylic acids is 1. The molecule has 5 heteroatoms. The van der Waals surface area contributed by atoms with Crippen molar-refractivity contribution in [2.75, 3.05) is 20.7 Å². The third kappa shape index (κ3) is 4.04. The summed E-state index contributed by atoms with van der Waals surface area (Å²) in [6.07, 6.45) is 3.34. The summed E-state index contributed by atoms with van der Waals surface area (Å²) in [6, 6.07) is 11.7. The summed E-state index contributed by atoms with van der Waals surface area (Å²) < 4.78 is 7.59. The maximum atomic E-state index is 12.1. The molecule has 2 rings (SSSR count). The standard InChI is InChI=1S/C21H23N3O2/c1-6-11-26-20-9-7-19(8-10-20)24-15(2)12-17(16(24)3)13-18(14-22)21(25)23(4)5/h6-10,12-13H,1,11H2,2-5H3/b18-13-. The molecule has 0 fully saturated rings. The van der Waals surface area contributed by atoms with Gasteiger partial charge in [-0.3, -0.25) is 4.79 Å². The van der Waals surface area contributed by atoms with E-state index in [4.69, 9.17) is 4.74 Å². The zero-order valence-corrected chi connectivity index (χ0v) is 15.6. The molecule has 26 heavy (non-hydrogen) atoms. The minimum absolute atomic E-state index is 0.114. The number of amides is 1. The Kier molecular flexibility index (Phi) is 6.03. The van der Waals surface area contributed by atoms with Crippen molar-refractivity contribution in [1.29, 1.82) is 5.26 Å². The fraction of sp³-hybridized carbons (Fsp3) is 0.238. The van der Waals surface area contributed by atoms with Crippen molar-refractivity contribution in [1.82, 2.24) is 9.47 Å². The highest BCUT2D eigenvalue weighted by atomic mass is 16.5. The molecule has 0 atom stereocenters. The number of aryl methyl sites for hydroxylation is 1. The quantitative estimate of drug-likeness (QED) is 0.454. The van der Waals surface area contributed by atoms with Crippen LogP contribution in [0, 0.1) is 25.2 Å². The summed E-state index contributed by atoms with van der Waals surface area (Å²) in [4.78, 5) is 13.5. The van der Waals surface area contributed by atoms with E-state index in [2.05, 4.69) is 11.1 Å². The van der Waals surface area contributed by atoms with Crippen LogP contribution >= 0.6 is 0 Å². The van der Waals surface area contributed by atoms with Gasteiger partial charge in [0.05, 0.1) is 0 Å². The Morgan fingerprint density at radius 3 is 2.50 bits per heavy atom. The van der Waals surface area contributed by atoms with Gasteiger partial charge in [0.15, 0.2) is 0 Å². The van der Waals surface area contributed by atoms with Gasteiger partial charge in [-0.25, -0.2) is 0 Å². The molecular formula is C21H23N3O2. The summed E-state index contributed by atoms with van der Waals surface area (Å²) >= 11 is 0. The molecule has 0 saturated carbocycles. The van der Waals surface area contributed by atoms with Crippen LogP contribution in [0.5, 0.6) is 5.75 Å². The van der Waals surface area contributed by atoms with E-state index < -0.39 is 0 Å². The van der Waals surface area contributed by atoms with E-state index in [1.807, 2.05) is 50.2 Å². The number of rotatable bonds is 6. The third-order valence-corrected chi connectivity index (χ3v) is 3.99. The summed E-state index contributed by atoms with van der Waals surface area (Å²) in [6.45, 7) is 8.06. The Morgan fingerprint density at radius 1 is 1.31 bits per heavy atom. The van der Waals surface area contributed by atoms with Gasteiger partial charge in [0.1, 0.15) is 24.0 Å². The monoisotopic (exact) mass is 349 g/mol. The number of likely N-dealkylation sites (N-methyl/N-ethyl adjacent to an activating group) is 1. The Morgan fingerprint density at radius 2 is 1.96 bits per heavy atom. The third-order valence-electron chi connectivity index (χ3n) is 3.99. The molecule has 2 aromatic rings. The lowest BCUT2D eigenvalue weighted by atomic mass is 10.1. The molecule has 0 spiro atoms. The van der Waals surface area contributed by atoms with E-state index >= 15 is 0 Å². The Balaban J connectivity index is 2.40. The molecule has 1 heterocycles. The number of benzene rings is 1. The van der Waals surface area contributed by atoms with Gasteiger partial charge < -0.3 is 14.2 Å². The molecule has 0 N–H and O–H groups in total. The van der Waals surface area contributed by atoms with Crippen LogP contribution in [0.3, 0.4) is 0 Å². The molecule has 0 unspecified atom stereocenters. The van der Waals surface area contributed by atoms with Gasteiger partial charge in [0, 0.05) is 31.2 Å². The molecule has 1 aromatic heterocycles. The smallest absolute Gasteiger partial charge is 0.264 e. The minimum atomic E-state index is -0.305. The molecule has 134 valence electrons. The average Bonchev–Trinajstić information content (AvgIpc) is 2.91. The van der Waals surface area contributed by atoms with Gasteiger partial charge in [-0.1, -0.05) is 12.7 Å². The van der Waals surface area contributed by atoms with Gasteiger partial charge in [-0.15, -0.1) is 0 Å². The van der Waals surface area contributed by atoms with E-state index in [9.17, 15) is 10.1 Å². The Bertz CT molecular complexity index is 881. The molecule has 0 aliphatic rings. The lowest BCUT2D eigenvalue weighted by Crippen LogP contribution is -2.22. The second kappa shape index (κ2) is 8.21. The van der Waals surface area contributed by atoms with Crippen molar-refractivity contribution >= 4 is 12.0 Å². The fourth-order valence-electron chi connectivity index (χ4n) is 2.72. The highest BCUT2D eigenvalue weighted by Crippen LogP contribution is 2.24. The first-order chi connectivity index (χ1) is 12.4. The zero-order valence-electron chi connectivity index (χ0n) is 15.6. The molecular weight excluding hydrogens is 326 g/mol. The number of carbonyl (C=O) groups is 1. The first-order valence-electron chi connectivity index (χ1n) is 8.25. The molecule has 1 amide bonds. The minimum Gasteiger partial charge on any atom is -0.490 e. The highest BCUT2D eigenvalue weighted by molar-refractivity contribution is 6.01. The number of nitriles is 1. The fourth-order valence-corrected chi connectivity index (χ4v) is 2.72. The predicted molar refractivity (Wildman–Crippen MR) is 103 cm³/mol. The van der Waals surface area contributed by atoms with Crippen LogP contribution in [0.25, 0.3) is 11.8 Å². The van der Waals surface area contributed by atoms with E-state index in [0.717, 1.165) is 28.4 Å². The van der Waals surface area contributed by atoms with Crippen molar-refractivity contribution in [3.63, 3.8) is 0 Å². The second-order valence-corrected chi connectivity index (χ2v) is 6.12. The second-order valence-electron chi connectivity index (χ2n) is 6.12. The summed E-state index contributed by atoms with van der Waals surface area (Å²) in [7, 11) is 3.26. The maximum Gasteiger partial charge on any atom is 0.264 e. The number of ether oxygens (including phenoxy) is 1. The van der Waals surface area contributed by atoms with E-state index in [-0.39, 0.29) is 11.5 Å². The van der Waals surface area contributed by atoms with Crippen molar-refractivity contribution in [2.45, 2.75) is 13.8 Å². The summed E-state index contributed by atoms with van der Waals surface area (Å²) in [5, 5.41) is 9.30. The van der Waals surface area contributed by atoms with Crippen LogP contribution in [0.15, 0.2) is 48.6 Å². The highest BCUT2D eigenvalue weighted by Gasteiger charge is 2.15. The van der Waals surface area contributed by atoms with Gasteiger partial charge in [0.2, 0.25) is 0 Å². The van der Waals surface area contributed by atoms with Crippen LogP contribution in [-0.4, -0.2) is 36.1 Å². The topological polar surface area (TPSA) is 58.3 Å². The number of aromatic nitrogens is 1. The number of nitrogens with zero attached hydrogens (tertiary/aromatic N) is 3. The SMILES string of the molecule is C=CCOc1ccc(-n2c(C)cc(/C=C(/C#N)C(=O)N(C)C)c2C)cc1. The molecule has 0 aliphatic carbocycles. The largest absolute Gasteiger partial charge is 0.490 e. The van der Waals surface area contributed by atoms with Gasteiger partial charge in [-0.2, -0.15) is 5.26 Å².